The van der Waals surface area contributed by atoms with Gasteiger partial charge in [0, 0.05) is 28.9 Å². The number of amides is 1. The van der Waals surface area contributed by atoms with Gasteiger partial charge < -0.3 is 9.84 Å². The third kappa shape index (κ3) is 3.80. The van der Waals surface area contributed by atoms with E-state index in [1.807, 2.05) is 0 Å². The Bertz CT molecular complexity index is 1290. The number of aliphatic hydroxyl groups is 1. The molecule has 8 nitrogen and oxygen atoms in total. The zero-order chi connectivity index (χ0) is 23.7. The van der Waals surface area contributed by atoms with E-state index in [1.165, 1.54) is 37.4 Å². The lowest BCUT2D eigenvalue weighted by Gasteiger charge is -2.25. The van der Waals surface area contributed by atoms with Crippen LogP contribution in [0.5, 0.6) is 5.75 Å². The molecule has 0 spiro atoms. The maximum Gasteiger partial charge on any atom is 0.300 e. The lowest BCUT2D eigenvalue weighted by molar-refractivity contribution is -0.384. The van der Waals surface area contributed by atoms with Gasteiger partial charge in [-0.2, -0.15) is 0 Å². The highest BCUT2D eigenvalue weighted by Gasteiger charge is 2.47. The van der Waals surface area contributed by atoms with Crippen molar-refractivity contribution in [3.8, 4) is 5.75 Å². The Labute approximate surface area is 187 Å². The number of ketones is 1. The Morgan fingerprint density at radius 1 is 1.03 bits per heavy atom. The maximum atomic E-state index is 14.8. The number of rotatable bonds is 5. The monoisotopic (exact) mass is 448 g/mol. The van der Waals surface area contributed by atoms with Crippen molar-refractivity contribution in [3.05, 3.63) is 105 Å². The second-order valence-corrected chi connectivity index (χ2v) is 7.19. The lowest BCUT2D eigenvalue weighted by Crippen LogP contribution is -2.29. The number of Topliss-reactive ketones (excluding diaryl/α,β-unsaturated/α-hetero) is 1. The van der Waals surface area contributed by atoms with Gasteiger partial charge in [0.25, 0.3) is 17.4 Å². The van der Waals surface area contributed by atoms with Gasteiger partial charge in [-0.3, -0.25) is 24.6 Å². The van der Waals surface area contributed by atoms with Crippen molar-refractivity contribution in [3.63, 3.8) is 0 Å². The van der Waals surface area contributed by atoms with Crippen LogP contribution in [0.3, 0.4) is 0 Å². The molecule has 0 bridgehead atoms. The van der Waals surface area contributed by atoms with Crippen molar-refractivity contribution in [2.75, 3.05) is 12.0 Å². The third-order valence-electron chi connectivity index (χ3n) is 5.35. The summed E-state index contributed by atoms with van der Waals surface area (Å²) in [5.74, 6) is -2.67. The number of anilines is 1. The normalized spacial score (nSPS) is 17.3. The Hall–Kier alpha value is -4.53. The molecule has 1 heterocycles. The SMILES string of the molecule is COc1ccc(N2C(=O)C(=O)/C(=C(/O)c3ccc([N+](=O)[O-])cc3)C2c2ccccc2F)cc1. The molecule has 4 rings (SSSR count). The molecular weight excluding hydrogens is 431 g/mol. The minimum Gasteiger partial charge on any atom is -0.507 e. The van der Waals surface area contributed by atoms with Gasteiger partial charge in [-0.15, -0.1) is 0 Å². The molecule has 9 heteroatoms. The Morgan fingerprint density at radius 2 is 1.67 bits per heavy atom. The van der Waals surface area contributed by atoms with Gasteiger partial charge in [-0.1, -0.05) is 18.2 Å². The average Bonchev–Trinajstić information content (AvgIpc) is 3.09. The fraction of sp³-hybridized carbons (Fsp3) is 0.0833. The zero-order valence-corrected chi connectivity index (χ0v) is 17.3. The summed E-state index contributed by atoms with van der Waals surface area (Å²) in [6.45, 7) is 0. The highest BCUT2D eigenvalue weighted by molar-refractivity contribution is 6.51. The summed E-state index contributed by atoms with van der Waals surface area (Å²) in [7, 11) is 1.48. The number of hydrogen-bond donors (Lipinski definition) is 1. The summed E-state index contributed by atoms with van der Waals surface area (Å²) in [6, 6.07) is 15.5. The first-order valence-corrected chi connectivity index (χ1v) is 9.77. The minimum absolute atomic E-state index is 0.0102. The number of aliphatic hydroxyl groups excluding tert-OH is 1. The van der Waals surface area contributed by atoms with Crippen LogP contribution in [0.25, 0.3) is 5.76 Å². The van der Waals surface area contributed by atoms with Crippen molar-refractivity contribution in [2.45, 2.75) is 6.04 Å². The van der Waals surface area contributed by atoms with E-state index in [2.05, 4.69) is 0 Å². The molecule has 33 heavy (non-hydrogen) atoms. The van der Waals surface area contributed by atoms with Gasteiger partial charge in [0.05, 0.1) is 23.6 Å². The molecule has 1 aliphatic heterocycles. The summed E-state index contributed by atoms with van der Waals surface area (Å²) in [5, 5.41) is 21.9. The van der Waals surface area contributed by atoms with E-state index in [1.54, 1.807) is 30.3 Å². The minimum atomic E-state index is -1.25. The number of nitro benzene ring substituents is 1. The summed E-state index contributed by atoms with van der Waals surface area (Å²) < 4.78 is 20.0. The van der Waals surface area contributed by atoms with Crippen LogP contribution in [0.1, 0.15) is 17.2 Å². The lowest BCUT2D eigenvalue weighted by atomic mass is 9.94. The summed E-state index contributed by atoms with van der Waals surface area (Å²) in [5.41, 5.74) is -0.148. The number of methoxy groups -OCH3 is 1. The van der Waals surface area contributed by atoms with Crippen LogP contribution in [0.4, 0.5) is 15.8 Å². The van der Waals surface area contributed by atoms with Crippen LogP contribution >= 0.6 is 0 Å². The van der Waals surface area contributed by atoms with Gasteiger partial charge >= 0.3 is 0 Å². The number of ether oxygens (including phenoxy) is 1. The zero-order valence-electron chi connectivity index (χ0n) is 17.3. The molecule has 1 amide bonds. The molecule has 1 saturated heterocycles. The second kappa shape index (κ2) is 8.54. The first kappa shape index (κ1) is 21.7. The van der Waals surface area contributed by atoms with E-state index in [4.69, 9.17) is 4.74 Å². The molecule has 0 aliphatic carbocycles. The molecule has 166 valence electrons. The van der Waals surface area contributed by atoms with E-state index >= 15 is 0 Å². The number of halogens is 1. The van der Waals surface area contributed by atoms with E-state index in [0.717, 1.165) is 17.0 Å². The number of carbonyl (C=O) groups is 2. The Kier molecular flexibility index (Phi) is 5.61. The largest absolute Gasteiger partial charge is 0.507 e. The van der Waals surface area contributed by atoms with Gasteiger partial charge in [0.1, 0.15) is 17.3 Å². The highest BCUT2D eigenvalue weighted by atomic mass is 19.1. The smallest absolute Gasteiger partial charge is 0.300 e. The van der Waals surface area contributed by atoms with Crippen LogP contribution in [0.15, 0.2) is 78.4 Å². The summed E-state index contributed by atoms with van der Waals surface area (Å²) in [6.07, 6.45) is 0. The summed E-state index contributed by atoms with van der Waals surface area (Å²) in [4.78, 5) is 37.5. The van der Waals surface area contributed by atoms with Crippen molar-refractivity contribution >= 4 is 28.8 Å². The molecule has 1 N–H and O–H groups in total. The topological polar surface area (TPSA) is 110 Å². The van der Waals surface area contributed by atoms with Crippen molar-refractivity contribution in [1.82, 2.24) is 0 Å². The average molecular weight is 448 g/mol. The Balaban J connectivity index is 1.91. The number of hydrogen-bond acceptors (Lipinski definition) is 6. The fourth-order valence-corrected chi connectivity index (χ4v) is 3.73. The van der Waals surface area contributed by atoms with Gasteiger partial charge in [0.2, 0.25) is 0 Å². The van der Waals surface area contributed by atoms with E-state index in [9.17, 15) is 29.2 Å². The number of benzene rings is 3. The highest BCUT2D eigenvalue weighted by Crippen LogP contribution is 2.43. The molecule has 0 saturated carbocycles. The van der Waals surface area contributed by atoms with Crippen LogP contribution in [-0.4, -0.2) is 28.8 Å². The van der Waals surface area contributed by atoms with Crippen molar-refractivity contribution < 1.29 is 28.7 Å². The van der Waals surface area contributed by atoms with Gasteiger partial charge in [0.15, 0.2) is 0 Å². The molecule has 3 aromatic rings. The summed E-state index contributed by atoms with van der Waals surface area (Å²) >= 11 is 0. The van der Waals surface area contributed by atoms with Crippen LogP contribution in [-0.2, 0) is 9.59 Å². The quantitative estimate of drug-likeness (QED) is 0.204. The van der Waals surface area contributed by atoms with Gasteiger partial charge in [-0.25, -0.2) is 4.39 Å². The van der Waals surface area contributed by atoms with E-state index in [-0.39, 0.29) is 22.4 Å². The number of carbonyl (C=O) groups excluding carboxylic acids is 2. The molecule has 1 aliphatic rings. The molecule has 0 radical (unpaired) electrons. The third-order valence-corrected chi connectivity index (χ3v) is 5.35. The first-order chi connectivity index (χ1) is 15.8. The van der Waals surface area contributed by atoms with Crippen molar-refractivity contribution in [2.24, 2.45) is 0 Å². The molecule has 0 aromatic heterocycles. The standard InChI is InChI=1S/C24H17FN2O6/c1-33-17-12-10-15(11-13-17)26-21(18-4-2-3-5-19(18)25)20(23(29)24(26)30)22(28)14-6-8-16(9-7-14)27(31)32/h2-13,21,28H,1H3/b22-20+. The van der Waals surface area contributed by atoms with Crippen molar-refractivity contribution in [1.29, 1.82) is 0 Å². The fourth-order valence-electron chi connectivity index (χ4n) is 3.73. The van der Waals surface area contributed by atoms with Crippen LogP contribution in [0, 0.1) is 15.9 Å². The molecule has 1 unspecified atom stereocenters. The number of nitro groups is 1. The van der Waals surface area contributed by atoms with Crippen LogP contribution < -0.4 is 9.64 Å². The first-order valence-electron chi connectivity index (χ1n) is 9.77. The van der Waals surface area contributed by atoms with Gasteiger partial charge in [-0.05, 0) is 42.5 Å². The molecule has 1 atom stereocenters. The predicted molar refractivity (Wildman–Crippen MR) is 117 cm³/mol. The molecule has 3 aromatic carbocycles. The predicted octanol–water partition coefficient (Wildman–Crippen LogP) is 4.37. The molecular formula is C24H17FN2O6. The van der Waals surface area contributed by atoms with Crippen LogP contribution in [0.2, 0.25) is 0 Å². The number of nitrogens with zero attached hydrogens (tertiary/aromatic N) is 2. The molecule has 1 fully saturated rings. The van der Waals surface area contributed by atoms with E-state index in [0.29, 0.717) is 11.4 Å². The second-order valence-electron chi connectivity index (χ2n) is 7.19. The number of non-ortho nitro benzene ring substituents is 1. The maximum absolute atomic E-state index is 14.8. The Morgan fingerprint density at radius 3 is 2.24 bits per heavy atom. The van der Waals surface area contributed by atoms with E-state index < -0.39 is 34.2 Å².